The predicted octanol–water partition coefficient (Wildman–Crippen LogP) is 2.45. The van der Waals surface area contributed by atoms with Gasteiger partial charge in [-0.15, -0.1) is 0 Å². The van der Waals surface area contributed by atoms with Crippen molar-refractivity contribution in [2.45, 2.75) is 51.9 Å². The van der Waals surface area contributed by atoms with Gasteiger partial charge >= 0.3 is 6.03 Å². The number of hydrogen-bond donors (Lipinski definition) is 2. The summed E-state index contributed by atoms with van der Waals surface area (Å²) in [5.74, 6) is -0.443. The number of hydrogen-bond acceptors (Lipinski definition) is 6. The molecule has 0 fully saturated rings. The zero-order chi connectivity index (χ0) is 22.1. The topological polar surface area (TPSA) is 96.3 Å². The summed E-state index contributed by atoms with van der Waals surface area (Å²) in [7, 11) is 0. The summed E-state index contributed by atoms with van der Waals surface area (Å²) >= 11 is 1.16. The van der Waals surface area contributed by atoms with Crippen molar-refractivity contribution in [3.63, 3.8) is 0 Å². The molecule has 0 aliphatic carbocycles. The fourth-order valence-corrected chi connectivity index (χ4v) is 3.86. The summed E-state index contributed by atoms with van der Waals surface area (Å²) in [6.45, 7) is 11.2. The first-order chi connectivity index (χ1) is 14.3. The lowest BCUT2D eigenvalue weighted by atomic mass is 10.2. The Bertz CT molecular complexity index is 924. The van der Waals surface area contributed by atoms with Gasteiger partial charge in [-0.25, -0.2) is 9.78 Å². The molecule has 0 saturated heterocycles. The number of nitrogens with one attached hydrogen (secondary N) is 2. The summed E-state index contributed by atoms with van der Waals surface area (Å²) in [5, 5.41) is 5.95. The van der Waals surface area contributed by atoms with Crippen LogP contribution in [0.3, 0.4) is 0 Å². The minimum atomic E-state index is -0.529. The third-order valence-corrected chi connectivity index (χ3v) is 5.56. The number of carbonyl (C=O) groups excluding carboxylic acids is 2. The maximum absolute atomic E-state index is 13.0. The van der Waals surface area contributed by atoms with Crippen LogP contribution in [0.1, 0.15) is 34.1 Å². The first-order valence-electron chi connectivity index (χ1n) is 10.3. The molecule has 9 heteroatoms. The lowest BCUT2D eigenvalue weighted by Crippen LogP contribution is -2.43. The Morgan fingerprint density at radius 3 is 2.57 bits per heavy atom. The Hall–Kier alpha value is -2.39. The molecule has 8 nitrogen and oxygen atoms in total. The van der Waals surface area contributed by atoms with Crippen LogP contribution in [0.5, 0.6) is 0 Å². The Morgan fingerprint density at radius 2 is 1.90 bits per heavy atom. The lowest BCUT2D eigenvalue weighted by Gasteiger charge is -2.19. The van der Waals surface area contributed by atoms with Gasteiger partial charge in [0.2, 0.25) is 5.91 Å². The van der Waals surface area contributed by atoms with Crippen LogP contribution < -0.4 is 16.2 Å². The van der Waals surface area contributed by atoms with Crippen LogP contribution in [-0.4, -0.2) is 57.8 Å². The van der Waals surface area contributed by atoms with Gasteiger partial charge in [-0.3, -0.25) is 19.5 Å². The van der Waals surface area contributed by atoms with E-state index in [1.807, 2.05) is 26.0 Å². The van der Waals surface area contributed by atoms with Crippen molar-refractivity contribution in [1.82, 2.24) is 25.1 Å². The maximum Gasteiger partial charge on any atom is 0.321 e. The summed E-state index contributed by atoms with van der Waals surface area (Å²) in [5.41, 5.74) is 0.489. The molecule has 1 heterocycles. The Morgan fingerprint density at radius 1 is 1.20 bits per heavy atom. The number of para-hydroxylation sites is 1. The SMILES string of the molecule is CCN(CC)CCCn1c(SCC(=O)NC(=O)NC(C)C)nc2ccccc2c1=O. The quantitative estimate of drug-likeness (QED) is 0.441. The highest BCUT2D eigenvalue weighted by Crippen LogP contribution is 2.18. The van der Waals surface area contributed by atoms with Gasteiger partial charge in [0.25, 0.3) is 5.56 Å². The van der Waals surface area contributed by atoms with Crippen LogP contribution in [0.15, 0.2) is 34.2 Å². The number of carbonyl (C=O) groups is 2. The second-order valence-corrected chi connectivity index (χ2v) is 8.16. The van der Waals surface area contributed by atoms with Crippen molar-refractivity contribution in [1.29, 1.82) is 0 Å². The molecule has 30 heavy (non-hydrogen) atoms. The van der Waals surface area contributed by atoms with E-state index in [-0.39, 0.29) is 17.4 Å². The molecule has 0 aliphatic heterocycles. The Balaban J connectivity index is 2.16. The molecule has 3 amide bonds. The largest absolute Gasteiger partial charge is 0.336 e. The normalized spacial score (nSPS) is 11.3. The van der Waals surface area contributed by atoms with Gasteiger partial charge in [0.05, 0.1) is 16.7 Å². The van der Waals surface area contributed by atoms with Gasteiger partial charge < -0.3 is 10.2 Å². The molecule has 2 N–H and O–H groups in total. The van der Waals surface area contributed by atoms with E-state index in [2.05, 4.69) is 34.4 Å². The molecule has 0 radical (unpaired) electrons. The molecule has 2 rings (SSSR count). The van der Waals surface area contributed by atoms with E-state index in [0.717, 1.165) is 37.8 Å². The van der Waals surface area contributed by atoms with Crippen LogP contribution in [0.2, 0.25) is 0 Å². The van der Waals surface area contributed by atoms with Crippen molar-refractivity contribution in [2.24, 2.45) is 0 Å². The number of aromatic nitrogens is 2. The lowest BCUT2D eigenvalue weighted by molar-refractivity contribution is -0.117. The number of rotatable bonds is 10. The van der Waals surface area contributed by atoms with Gasteiger partial charge in [-0.2, -0.15) is 0 Å². The summed E-state index contributed by atoms with van der Waals surface area (Å²) < 4.78 is 1.64. The molecule has 2 aromatic rings. The standard InChI is InChI=1S/C21H31N5O3S/c1-5-25(6-2)12-9-13-26-19(28)16-10-7-8-11-17(16)23-21(26)30-14-18(27)24-20(29)22-15(3)4/h7-8,10-11,15H,5-6,9,12-14H2,1-4H3,(H2,22,24,27,29). The minimum absolute atomic E-state index is 0.00760. The van der Waals surface area contributed by atoms with Crippen molar-refractivity contribution in [2.75, 3.05) is 25.4 Å². The van der Waals surface area contributed by atoms with Crippen molar-refractivity contribution in [3.05, 3.63) is 34.6 Å². The molecule has 0 aliphatic rings. The molecule has 0 unspecified atom stereocenters. The minimum Gasteiger partial charge on any atom is -0.336 e. The highest BCUT2D eigenvalue weighted by atomic mass is 32.2. The number of nitrogens with zero attached hydrogens (tertiary/aromatic N) is 3. The number of urea groups is 1. The van der Waals surface area contributed by atoms with Crippen LogP contribution in [0.4, 0.5) is 4.79 Å². The number of amides is 3. The number of thioether (sulfide) groups is 1. The number of benzene rings is 1. The molecule has 0 saturated carbocycles. The van der Waals surface area contributed by atoms with Gasteiger partial charge in [0.1, 0.15) is 0 Å². The summed E-state index contributed by atoms with van der Waals surface area (Å²) in [6.07, 6.45) is 0.804. The Labute approximate surface area is 181 Å². The van der Waals surface area contributed by atoms with Gasteiger partial charge in [-0.05, 0) is 52.0 Å². The van der Waals surface area contributed by atoms with Gasteiger partial charge in [0.15, 0.2) is 5.16 Å². The van der Waals surface area contributed by atoms with E-state index in [0.29, 0.717) is 22.6 Å². The van der Waals surface area contributed by atoms with E-state index >= 15 is 0 Å². The summed E-state index contributed by atoms with van der Waals surface area (Å²) in [4.78, 5) is 43.8. The maximum atomic E-state index is 13.0. The third-order valence-electron chi connectivity index (χ3n) is 4.58. The molecule has 0 spiro atoms. The highest BCUT2D eigenvalue weighted by molar-refractivity contribution is 7.99. The smallest absolute Gasteiger partial charge is 0.321 e. The molecule has 1 aromatic heterocycles. The second kappa shape index (κ2) is 11.7. The average Bonchev–Trinajstić information content (AvgIpc) is 2.70. The van der Waals surface area contributed by atoms with Gasteiger partial charge in [0, 0.05) is 12.6 Å². The van der Waals surface area contributed by atoms with Crippen LogP contribution in [0, 0.1) is 0 Å². The molecule has 1 aromatic carbocycles. The molecule has 0 atom stereocenters. The van der Waals surface area contributed by atoms with Crippen LogP contribution in [0.25, 0.3) is 10.9 Å². The van der Waals surface area contributed by atoms with E-state index in [1.54, 1.807) is 16.7 Å². The first-order valence-corrected chi connectivity index (χ1v) is 11.3. The van der Waals surface area contributed by atoms with E-state index in [9.17, 15) is 14.4 Å². The van der Waals surface area contributed by atoms with E-state index in [1.165, 1.54) is 0 Å². The van der Waals surface area contributed by atoms with Crippen LogP contribution >= 0.6 is 11.8 Å². The predicted molar refractivity (Wildman–Crippen MR) is 121 cm³/mol. The first kappa shape index (κ1) is 23.9. The van der Waals surface area contributed by atoms with Crippen molar-refractivity contribution < 1.29 is 9.59 Å². The molecule has 0 bridgehead atoms. The zero-order valence-corrected chi connectivity index (χ0v) is 18.9. The Kier molecular flexibility index (Phi) is 9.32. The highest BCUT2D eigenvalue weighted by Gasteiger charge is 2.15. The molecular weight excluding hydrogens is 402 g/mol. The molecular formula is C21H31N5O3S. The zero-order valence-electron chi connectivity index (χ0n) is 18.1. The third kappa shape index (κ3) is 6.84. The second-order valence-electron chi connectivity index (χ2n) is 7.21. The monoisotopic (exact) mass is 433 g/mol. The van der Waals surface area contributed by atoms with Crippen molar-refractivity contribution in [3.8, 4) is 0 Å². The van der Waals surface area contributed by atoms with Crippen molar-refractivity contribution >= 4 is 34.6 Å². The number of imide groups is 1. The molecule has 164 valence electrons. The fraction of sp³-hybridized carbons (Fsp3) is 0.524. The summed E-state index contributed by atoms with van der Waals surface area (Å²) in [6, 6.07) is 6.61. The van der Waals surface area contributed by atoms with E-state index < -0.39 is 11.9 Å². The number of fused-ring (bicyclic) bond motifs is 1. The van der Waals surface area contributed by atoms with Gasteiger partial charge in [-0.1, -0.05) is 37.7 Å². The van der Waals surface area contributed by atoms with E-state index in [4.69, 9.17) is 0 Å². The van der Waals surface area contributed by atoms with Crippen LogP contribution in [-0.2, 0) is 11.3 Å². The average molecular weight is 434 g/mol. The fourth-order valence-electron chi connectivity index (χ4n) is 3.04.